The van der Waals surface area contributed by atoms with Crippen molar-refractivity contribution in [3.05, 3.63) is 64.6 Å². The number of carbonyl (C=O) groups excluding carboxylic acids is 3. The number of hydrogen-bond acceptors (Lipinski definition) is 6. The molecule has 3 heterocycles. The largest absolute Gasteiger partial charge is 0.489 e. The number of nitrogens with zero attached hydrogens (tertiary/aromatic N) is 2. The normalized spacial score (nSPS) is 41.6. The van der Waals surface area contributed by atoms with E-state index in [0.29, 0.717) is 0 Å². The van der Waals surface area contributed by atoms with Crippen LogP contribution < -0.4 is 10.1 Å². The first kappa shape index (κ1) is 7.92. The Bertz CT molecular complexity index is 2020. The first-order valence-electron chi connectivity index (χ1n) is 20.2. The van der Waals surface area contributed by atoms with E-state index in [2.05, 4.69) is 4.74 Å². The fourth-order valence-corrected chi connectivity index (χ4v) is 2.90. The average Bonchev–Trinajstić information content (AvgIpc) is 3.22. The molecule has 2 aromatic carbocycles. The number of morpholine rings is 1. The van der Waals surface area contributed by atoms with E-state index in [4.69, 9.17) is 34.9 Å². The van der Waals surface area contributed by atoms with Gasteiger partial charge < -0.3 is 14.4 Å². The number of hydrogen-bond donors (Lipinski definition) is 1. The number of nitrogens with one attached hydrogen (secondary N) is 1. The summed E-state index contributed by atoms with van der Waals surface area (Å²) < 4.78 is 194. The smallest absolute Gasteiger partial charge is 0.255 e. The number of rotatable bonds is 6. The second-order valence-corrected chi connectivity index (χ2v) is 6.46. The van der Waals surface area contributed by atoms with Gasteiger partial charge >= 0.3 is 0 Å². The minimum Gasteiger partial charge on any atom is -0.489 e. The maximum atomic E-state index is 13.7. The van der Waals surface area contributed by atoms with Gasteiger partial charge in [0.15, 0.2) is 0 Å². The summed E-state index contributed by atoms with van der Waals surface area (Å²) in [7, 11) is 0. The first-order valence-corrected chi connectivity index (χ1v) is 9.23. The van der Waals surface area contributed by atoms with Gasteiger partial charge in [-0.05, 0) is 29.6 Å². The fourth-order valence-electron chi connectivity index (χ4n) is 2.90. The molecule has 0 aliphatic carbocycles. The summed E-state index contributed by atoms with van der Waals surface area (Å²) in [5, 5.41) is 1.79. The van der Waals surface area contributed by atoms with Gasteiger partial charge in [0.2, 0.25) is 11.8 Å². The lowest BCUT2D eigenvalue weighted by molar-refractivity contribution is -0.136. The Morgan fingerprint density at radius 2 is 1.91 bits per heavy atom. The van der Waals surface area contributed by atoms with Crippen LogP contribution in [0.5, 0.6) is 5.75 Å². The summed E-state index contributed by atoms with van der Waals surface area (Å²) in [6.07, 6.45) is -1.30. The van der Waals surface area contributed by atoms with Crippen LogP contribution in [0.2, 0.25) is 0 Å². The van der Waals surface area contributed by atoms with Crippen molar-refractivity contribution < 1.29 is 54.0 Å². The molecule has 2 saturated heterocycles. The molecular weight excluding hydrogens is 422 g/mol. The Morgan fingerprint density at radius 1 is 1.15 bits per heavy atom. The van der Waals surface area contributed by atoms with E-state index in [0.717, 1.165) is 0 Å². The van der Waals surface area contributed by atoms with Crippen LogP contribution in [-0.2, 0) is 33.9 Å². The van der Waals surface area contributed by atoms with Crippen molar-refractivity contribution in [3.63, 3.8) is 0 Å². The van der Waals surface area contributed by atoms with Gasteiger partial charge in [-0.25, -0.2) is 0 Å². The van der Waals surface area contributed by atoms with Gasteiger partial charge in [-0.2, -0.15) is 0 Å². The van der Waals surface area contributed by atoms with Crippen molar-refractivity contribution >= 4 is 17.7 Å². The molecule has 0 spiro atoms. The van der Waals surface area contributed by atoms with Crippen LogP contribution in [0.4, 0.5) is 0 Å². The molecule has 172 valence electrons. The molecule has 0 radical (unpaired) electrons. The van der Waals surface area contributed by atoms with Crippen LogP contribution in [0.1, 0.15) is 70.0 Å². The third-order valence-electron chi connectivity index (χ3n) is 4.38. The highest BCUT2D eigenvalue weighted by atomic mass is 16.5. The average molecular weight is 472 g/mol. The third kappa shape index (κ3) is 4.62. The van der Waals surface area contributed by atoms with Crippen molar-refractivity contribution in [3.8, 4) is 5.75 Å². The summed E-state index contributed by atoms with van der Waals surface area (Å²) in [5.74, 6) is -5.23. The van der Waals surface area contributed by atoms with Gasteiger partial charge in [0.05, 0.1) is 41.5 Å². The van der Waals surface area contributed by atoms with Crippen LogP contribution in [0.3, 0.4) is 0 Å². The van der Waals surface area contributed by atoms with Crippen LogP contribution >= 0.6 is 0 Å². The molecule has 0 unspecified atom stereocenters. The van der Waals surface area contributed by atoms with Gasteiger partial charge in [-0.3, -0.25) is 24.6 Å². The molecular formula is C25H27N3O5. The SMILES string of the molecule is [2H]c1c([2H])c(OC([2H])([2H])c2c([2H])c([2H])c(C([2H])([2H])N3C([2H])([2H])C([2H])([2H])OC([2H])([2H])C3([2H])[2H])c([2H])c2[2H])c2c(c1[2H])C(=O)N([C@@]1([2H])CCC(=O)NC1=O)C2([2H])[2H]. The van der Waals surface area contributed by atoms with E-state index >= 15 is 0 Å². The van der Waals surface area contributed by atoms with Gasteiger partial charge in [-0.15, -0.1) is 0 Å². The Labute approximate surface area is 223 Å². The molecule has 5 rings (SSSR count). The zero-order chi connectivity index (χ0) is 42.4. The van der Waals surface area contributed by atoms with Crippen molar-refractivity contribution in [2.75, 3.05) is 26.1 Å². The van der Waals surface area contributed by atoms with Crippen LogP contribution in [0, 0.1) is 0 Å². The zero-order valence-corrected chi connectivity index (χ0v) is 16.3. The highest BCUT2D eigenvalue weighted by molar-refractivity contribution is 6.05. The molecule has 8 nitrogen and oxygen atoms in total. The number of amides is 3. The number of imide groups is 1. The number of fused-ring (bicyclic) bond motifs is 1. The van der Waals surface area contributed by atoms with E-state index < -0.39 is 157 Å². The molecule has 3 aliphatic rings. The van der Waals surface area contributed by atoms with E-state index in [1.165, 1.54) is 0 Å². The second kappa shape index (κ2) is 9.33. The molecule has 0 aromatic heterocycles. The standard InChI is InChI=1S/C25H27N3O5/c29-23-9-8-21(24(30)26-23)28-15-20-19(25(28)31)2-1-3-22(20)33-16-18-6-4-17(5-7-18)14-27-10-12-32-13-11-27/h1-7,21H,8-16H2,(H,26,29,30)/t21-/m0/s1/i1D,2D,3D,4D,5D,6D,7D,10D2,11D2,12D2,13D2,14D2,15D2,16D2,21D. The van der Waals surface area contributed by atoms with Gasteiger partial charge in [0.1, 0.15) is 18.3 Å². The summed E-state index contributed by atoms with van der Waals surface area (Å²) in [4.78, 5) is 37.6. The maximum absolute atomic E-state index is 13.7. The molecule has 3 aliphatic heterocycles. The van der Waals surface area contributed by atoms with E-state index in [-0.39, 0.29) is 4.90 Å². The molecule has 33 heavy (non-hydrogen) atoms. The minimum absolute atomic E-state index is 0.00599. The zero-order valence-electron chi connectivity index (χ0n) is 38.3. The molecule has 0 saturated carbocycles. The molecule has 8 heteroatoms. The predicted molar refractivity (Wildman–Crippen MR) is 119 cm³/mol. The molecule has 2 aromatic rings. The third-order valence-corrected chi connectivity index (χ3v) is 4.38. The number of piperidine rings is 1. The van der Waals surface area contributed by atoms with Crippen molar-refractivity contribution in [1.29, 1.82) is 0 Å². The lowest BCUT2D eigenvalue weighted by Crippen LogP contribution is -2.52. The van der Waals surface area contributed by atoms with E-state index in [9.17, 15) is 14.4 Å². The Hall–Kier alpha value is -3.23. The first-order chi connectivity index (χ1) is 24.6. The van der Waals surface area contributed by atoms with Crippen LogP contribution in [0.25, 0.3) is 0 Å². The Kier molecular flexibility index (Phi) is 2.24. The highest BCUT2D eigenvalue weighted by Crippen LogP contribution is 2.34. The van der Waals surface area contributed by atoms with Gasteiger partial charge in [0.25, 0.3) is 5.91 Å². The minimum atomic E-state index is -4.00. The summed E-state index contributed by atoms with van der Waals surface area (Å²) in [6.45, 7) is -26.7. The molecule has 3 amide bonds. The summed E-state index contributed by atoms with van der Waals surface area (Å²) in [6, 6.07) is -12.6. The molecule has 0 bridgehead atoms. The Morgan fingerprint density at radius 3 is 2.67 bits per heavy atom. The summed E-state index contributed by atoms with van der Waals surface area (Å²) in [5.41, 5.74) is -5.20. The fraction of sp³-hybridized carbons (Fsp3) is 0.400. The molecule has 2 fully saturated rings. The van der Waals surface area contributed by atoms with Gasteiger partial charge in [0, 0.05) is 45.3 Å². The van der Waals surface area contributed by atoms with Crippen LogP contribution in [-0.4, -0.2) is 59.7 Å². The van der Waals surface area contributed by atoms with Crippen molar-refractivity contribution in [2.24, 2.45) is 0 Å². The van der Waals surface area contributed by atoms with Crippen molar-refractivity contribution in [1.82, 2.24) is 15.1 Å². The lowest BCUT2D eigenvalue weighted by atomic mass is 10.0. The second-order valence-electron chi connectivity index (χ2n) is 6.46. The number of ether oxygens (including phenoxy) is 2. The monoisotopic (exact) mass is 471 g/mol. The quantitative estimate of drug-likeness (QED) is 0.647. The topological polar surface area (TPSA) is 88.2 Å². The summed E-state index contributed by atoms with van der Waals surface area (Å²) >= 11 is 0. The molecule has 1 atom stereocenters. The number of benzene rings is 2. The van der Waals surface area contributed by atoms with E-state index in [1.54, 1.807) is 5.32 Å². The molecule has 1 N–H and O–H groups in total. The predicted octanol–water partition coefficient (Wildman–Crippen LogP) is 1.86. The highest BCUT2D eigenvalue weighted by Gasteiger charge is 2.40. The Balaban J connectivity index is 1.69. The van der Waals surface area contributed by atoms with Gasteiger partial charge in [-0.1, -0.05) is 30.2 Å². The maximum Gasteiger partial charge on any atom is 0.255 e. The number of carbonyl (C=O) groups is 3. The van der Waals surface area contributed by atoms with Crippen LogP contribution in [0.15, 0.2) is 42.3 Å². The van der Waals surface area contributed by atoms with E-state index in [1.807, 2.05) is 0 Å². The van der Waals surface area contributed by atoms with Crippen molar-refractivity contribution in [2.45, 2.75) is 38.4 Å². The lowest BCUT2D eigenvalue weighted by Gasteiger charge is -2.29.